The minimum atomic E-state index is 0.00368. The van der Waals surface area contributed by atoms with Crippen molar-refractivity contribution in [2.24, 2.45) is 0 Å². The van der Waals surface area contributed by atoms with Gasteiger partial charge in [-0.25, -0.2) is 9.97 Å². The number of ether oxygens (including phenoxy) is 1. The van der Waals surface area contributed by atoms with Crippen LogP contribution in [-0.4, -0.2) is 72.6 Å². The maximum absolute atomic E-state index is 13.2. The standard InChI is InChI=1S/C26H28N6O2/c1-30-12-14-32(15-13-30)26(33)19-16-20(18-21(17-19)34-2)27-24-25(31-10-6-3-7-11-31)29-23-9-5-4-8-22(23)28-24/h3-10,16-18H,11-15H2,1-2H3,(H,27,28). The van der Waals surface area contributed by atoms with Gasteiger partial charge in [-0.1, -0.05) is 24.3 Å². The molecule has 2 aliphatic rings. The first-order valence-corrected chi connectivity index (χ1v) is 11.4. The summed E-state index contributed by atoms with van der Waals surface area (Å²) in [6.07, 6.45) is 8.04. The van der Waals surface area contributed by atoms with Crippen LogP contribution in [0.1, 0.15) is 10.4 Å². The van der Waals surface area contributed by atoms with E-state index in [1.807, 2.05) is 64.6 Å². The van der Waals surface area contributed by atoms with Crippen molar-refractivity contribution in [3.63, 3.8) is 0 Å². The molecule has 1 amide bonds. The van der Waals surface area contributed by atoms with E-state index < -0.39 is 0 Å². The highest BCUT2D eigenvalue weighted by molar-refractivity contribution is 5.96. The number of rotatable bonds is 5. The Bertz CT molecular complexity index is 1260. The van der Waals surface area contributed by atoms with Gasteiger partial charge in [0.15, 0.2) is 11.6 Å². The second-order valence-corrected chi connectivity index (χ2v) is 8.48. The minimum Gasteiger partial charge on any atom is -0.497 e. The van der Waals surface area contributed by atoms with Crippen LogP contribution in [0.25, 0.3) is 11.0 Å². The zero-order valence-electron chi connectivity index (χ0n) is 19.4. The van der Waals surface area contributed by atoms with Crippen LogP contribution < -0.4 is 15.0 Å². The number of nitrogens with zero attached hydrogens (tertiary/aromatic N) is 5. The minimum absolute atomic E-state index is 0.00368. The Morgan fingerprint density at radius 1 is 1.00 bits per heavy atom. The molecule has 0 saturated carbocycles. The third-order valence-corrected chi connectivity index (χ3v) is 6.08. The number of para-hydroxylation sites is 2. The van der Waals surface area contributed by atoms with Crippen molar-refractivity contribution in [1.82, 2.24) is 19.8 Å². The maximum Gasteiger partial charge on any atom is 0.254 e. The highest BCUT2D eigenvalue weighted by atomic mass is 16.5. The summed E-state index contributed by atoms with van der Waals surface area (Å²) in [5.41, 5.74) is 2.92. The molecule has 1 saturated heterocycles. The number of methoxy groups -OCH3 is 1. The lowest BCUT2D eigenvalue weighted by atomic mass is 10.1. The molecular weight excluding hydrogens is 428 g/mol. The van der Waals surface area contributed by atoms with Crippen LogP contribution >= 0.6 is 0 Å². The lowest BCUT2D eigenvalue weighted by Crippen LogP contribution is -2.47. The molecule has 2 aliphatic heterocycles. The van der Waals surface area contributed by atoms with Gasteiger partial charge in [-0.15, -0.1) is 0 Å². The van der Waals surface area contributed by atoms with Crippen molar-refractivity contribution < 1.29 is 9.53 Å². The normalized spacial score (nSPS) is 16.2. The molecule has 0 unspecified atom stereocenters. The lowest BCUT2D eigenvalue weighted by molar-refractivity contribution is 0.0664. The molecule has 1 fully saturated rings. The van der Waals surface area contributed by atoms with Gasteiger partial charge >= 0.3 is 0 Å². The number of hydrogen-bond acceptors (Lipinski definition) is 7. The van der Waals surface area contributed by atoms with E-state index in [0.717, 1.165) is 29.8 Å². The first-order chi connectivity index (χ1) is 16.6. The van der Waals surface area contributed by atoms with Crippen LogP contribution in [0.3, 0.4) is 0 Å². The molecule has 0 aliphatic carbocycles. The molecule has 0 spiro atoms. The number of carbonyl (C=O) groups is 1. The van der Waals surface area contributed by atoms with E-state index >= 15 is 0 Å². The molecule has 5 rings (SSSR count). The van der Waals surface area contributed by atoms with E-state index in [0.29, 0.717) is 42.6 Å². The van der Waals surface area contributed by atoms with Gasteiger partial charge in [0.25, 0.3) is 5.91 Å². The van der Waals surface area contributed by atoms with Crippen LogP contribution in [0, 0.1) is 0 Å². The zero-order chi connectivity index (χ0) is 23.5. The number of likely N-dealkylation sites (N-methyl/N-ethyl adjacent to an activating group) is 1. The van der Waals surface area contributed by atoms with Crippen LogP contribution in [-0.2, 0) is 0 Å². The molecule has 8 heteroatoms. The number of piperazine rings is 1. The van der Waals surface area contributed by atoms with Gasteiger partial charge in [0, 0.05) is 56.2 Å². The molecule has 0 atom stereocenters. The number of hydrogen-bond donors (Lipinski definition) is 1. The molecule has 1 aromatic heterocycles. The summed E-state index contributed by atoms with van der Waals surface area (Å²) in [7, 11) is 3.68. The molecule has 2 aromatic carbocycles. The number of carbonyl (C=O) groups excluding carboxylic acids is 1. The predicted molar refractivity (Wildman–Crippen MR) is 135 cm³/mol. The highest BCUT2D eigenvalue weighted by Crippen LogP contribution is 2.31. The van der Waals surface area contributed by atoms with Gasteiger partial charge in [-0.3, -0.25) is 4.79 Å². The van der Waals surface area contributed by atoms with Crippen LogP contribution in [0.2, 0.25) is 0 Å². The number of allylic oxidation sites excluding steroid dienone is 2. The van der Waals surface area contributed by atoms with E-state index in [-0.39, 0.29) is 5.91 Å². The van der Waals surface area contributed by atoms with Crippen molar-refractivity contribution in [3.8, 4) is 5.75 Å². The van der Waals surface area contributed by atoms with Gasteiger partial charge in [0.05, 0.1) is 18.1 Å². The van der Waals surface area contributed by atoms with Crippen LogP contribution in [0.5, 0.6) is 5.75 Å². The Morgan fingerprint density at radius 3 is 2.47 bits per heavy atom. The first-order valence-electron chi connectivity index (χ1n) is 11.4. The summed E-state index contributed by atoms with van der Waals surface area (Å²) >= 11 is 0. The Morgan fingerprint density at radius 2 is 1.76 bits per heavy atom. The monoisotopic (exact) mass is 456 g/mol. The van der Waals surface area contributed by atoms with Crippen LogP contribution in [0.15, 0.2) is 66.9 Å². The largest absolute Gasteiger partial charge is 0.497 e. The van der Waals surface area contributed by atoms with E-state index in [1.165, 1.54) is 0 Å². The van der Waals surface area contributed by atoms with Crippen molar-refractivity contribution in [3.05, 3.63) is 72.5 Å². The summed E-state index contributed by atoms with van der Waals surface area (Å²) in [5, 5.41) is 3.41. The number of anilines is 3. The van der Waals surface area contributed by atoms with Crippen molar-refractivity contribution in [2.45, 2.75) is 0 Å². The summed E-state index contributed by atoms with van der Waals surface area (Å²) < 4.78 is 5.52. The Labute approximate surface area is 199 Å². The fourth-order valence-electron chi connectivity index (χ4n) is 4.14. The molecule has 34 heavy (non-hydrogen) atoms. The lowest BCUT2D eigenvalue weighted by Gasteiger charge is -2.32. The predicted octanol–water partition coefficient (Wildman–Crippen LogP) is 3.66. The average molecular weight is 457 g/mol. The third kappa shape index (κ3) is 4.58. The van der Waals surface area contributed by atoms with Crippen molar-refractivity contribution in [2.75, 3.05) is 57.1 Å². The molecule has 174 valence electrons. The van der Waals surface area contributed by atoms with Gasteiger partial charge < -0.3 is 24.8 Å². The van der Waals surface area contributed by atoms with Crippen molar-refractivity contribution in [1.29, 1.82) is 0 Å². The maximum atomic E-state index is 13.2. The Balaban J connectivity index is 1.50. The van der Waals surface area contributed by atoms with Gasteiger partial charge in [0.1, 0.15) is 5.75 Å². The number of fused-ring (bicyclic) bond motifs is 1. The van der Waals surface area contributed by atoms with Crippen molar-refractivity contribution >= 4 is 34.3 Å². The zero-order valence-corrected chi connectivity index (χ0v) is 19.4. The Kier molecular flexibility index (Phi) is 6.14. The SMILES string of the molecule is COc1cc(Nc2nc3ccccc3nc2N2C=CC=CC2)cc(C(=O)N2CCN(C)CC2)c1. The molecule has 8 nitrogen and oxygen atoms in total. The summed E-state index contributed by atoms with van der Waals surface area (Å²) in [6, 6.07) is 13.3. The number of benzene rings is 2. The first kappa shape index (κ1) is 21.9. The molecular formula is C26H28N6O2. The number of amides is 1. The van der Waals surface area contributed by atoms with Crippen LogP contribution in [0.4, 0.5) is 17.3 Å². The van der Waals surface area contributed by atoms with E-state index in [9.17, 15) is 4.79 Å². The topological polar surface area (TPSA) is 73.8 Å². The third-order valence-electron chi connectivity index (χ3n) is 6.08. The average Bonchev–Trinajstić information content (AvgIpc) is 2.88. The van der Waals surface area contributed by atoms with Gasteiger partial charge in [0.2, 0.25) is 0 Å². The molecule has 0 bridgehead atoms. The van der Waals surface area contributed by atoms with Gasteiger partial charge in [-0.05, 0) is 37.4 Å². The summed E-state index contributed by atoms with van der Waals surface area (Å²) in [6.45, 7) is 3.86. The fourth-order valence-corrected chi connectivity index (χ4v) is 4.14. The second-order valence-electron chi connectivity index (χ2n) is 8.48. The number of nitrogens with one attached hydrogen (secondary N) is 1. The highest BCUT2D eigenvalue weighted by Gasteiger charge is 2.22. The van der Waals surface area contributed by atoms with E-state index in [4.69, 9.17) is 14.7 Å². The fraction of sp³-hybridized carbons (Fsp3) is 0.269. The molecule has 1 N–H and O–H groups in total. The second kappa shape index (κ2) is 9.52. The molecule has 3 heterocycles. The van der Waals surface area contributed by atoms with E-state index in [1.54, 1.807) is 13.2 Å². The summed E-state index contributed by atoms with van der Waals surface area (Å²) in [4.78, 5) is 29.1. The summed E-state index contributed by atoms with van der Waals surface area (Å²) in [5.74, 6) is 1.95. The number of aromatic nitrogens is 2. The van der Waals surface area contributed by atoms with E-state index in [2.05, 4.69) is 23.3 Å². The smallest absolute Gasteiger partial charge is 0.254 e. The Hall–Kier alpha value is -3.91. The van der Waals surface area contributed by atoms with Gasteiger partial charge in [-0.2, -0.15) is 0 Å². The molecule has 0 radical (unpaired) electrons. The molecule has 3 aromatic rings. The quantitative estimate of drug-likeness (QED) is 0.628.